The fourth-order valence-electron chi connectivity index (χ4n) is 2.10. The molecule has 0 unspecified atom stereocenters. The van der Waals surface area contributed by atoms with Gasteiger partial charge in [0.05, 0.1) is 0 Å². The van der Waals surface area contributed by atoms with Gasteiger partial charge in [0.1, 0.15) is 0 Å². The maximum atomic E-state index is 5.75. The van der Waals surface area contributed by atoms with Crippen LogP contribution >= 0.6 is 0 Å². The fraction of sp³-hybridized carbons (Fsp3) is 0.294. The van der Waals surface area contributed by atoms with E-state index in [2.05, 4.69) is 50.4 Å². The van der Waals surface area contributed by atoms with Crippen molar-refractivity contribution in [3.8, 4) is 0 Å². The van der Waals surface area contributed by atoms with Gasteiger partial charge in [-0.25, -0.2) is 0 Å². The summed E-state index contributed by atoms with van der Waals surface area (Å²) in [7, 11) is 0. The molecule has 0 aliphatic carbocycles. The summed E-state index contributed by atoms with van der Waals surface area (Å²) in [6, 6.07) is 14.7. The first-order chi connectivity index (χ1) is 9.06. The van der Waals surface area contributed by atoms with Crippen molar-refractivity contribution in [2.24, 2.45) is 0 Å². The second-order valence-corrected chi connectivity index (χ2v) is 5.32. The Bertz CT molecular complexity index is 542. The summed E-state index contributed by atoms with van der Waals surface area (Å²) in [4.78, 5) is 0. The monoisotopic (exact) mass is 254 g/mol. The lowest BCUT2D eigenvalue weighted by atomic mass is 10.0. The number of aryl methyl sites for hydroxylation is 1. The molecule has 2 aromatic rings. The largest absolute Gasteiger partial charge is 0.399 e. The van der Waals surface area contributed by atoms with Crippen LogP contribution in [0.25, 0.3) is 0 Å². The first kappa shape index (κ1) is 13.5. The van der Waals surface area contributed by atoms with Crippen molar-refractivity contribution in [1.29, 1.82) is 0 Å². The van der Waals surface area contributed by atoms with E-state index in [0.29, 0.717) is 5.92 Å². The molecule has 100 valence electrons. The lowest BCUT2D eigenvalue weighted by Crippen LogP contribution is -2.01. The number of nitrogens with two attached hydrogens (primary N) is 1. The number of rotatable bonds is 4. The molecular formula is C17H22N2. The summed E-state index contributed by atoms with van der Waals surface area (Å²) < 4.78 is 0. The van der Waals surface area contributed by atoms with E-state index in [4.69, 9.17) is 5.73 Å². The highest BCUT2D eigenvalue weighted by molar-refractivity contribution is 5.57. The van der Waals surface area contributed by atoms with E-state index in [0.717, 1.165) is 17.9 Å². The number of hydrogen-bond donors (Lipinski definition) is 2. The van der Waals surface area contributed by atoms with Gasteiger partial charge in [0.25, 0.3) is 0 Å². The van der Waals surface area contributed by atoms with Crippen LogP contribution in [0.1, 0.15) is 36.5 Å². The highest BCUT2D eigenvalue weighted by atomic mass is 14.9. The third-order valence-corrected chi connectivity index (χ3v) is 3.38. The third kappa shape index (κ3) is 3.50. The van der Waals surface area contributed by atoms with Crippen LogP contribution in [0.5, 0.6) is 0 Å². The molecule has 0 saturated heterocycles. The molecule has 0 aliphatic rings. The van der Waals surface area contributed by atoms with E-state index in [9.17, 15) is 0 Å². The second kappa shape index (κ2) is 5.79. The first-order valence-corrected chi connectivity index (χ1v) is 6.75. The van der Waals surface area contributed by atoms with Crippen LogP contribution in [0.4, 0.5) is 11.4 Å². The van der Waals surface area contributed by atoms with Crippen LogP contribution in [-0.4, -0.2) is 0 Å². The van der Waals surface area contributed by atoms with Gasteiger partial charge in [-0.2, -0.15) is 0 Å². The molecule has 2 heteroatoms. The summed E-state index contributed by atoms with van der Waals surface area (Å²) in [5.74, 6) is 0.585. The molecule has 2 aromatic carbocycles. The quantitative estimate of drug-likeness (QED) is 0.798. The molecule has 0 bridgehead atoms. The molecule has 0 radical (unpaired) electrons. The number of benzene rings is 2. The standard InChI is InChI=1S/C17H22N2/c1-12(2)15-6-4-14(5-7-15)11-19-17-9-8-16(18)10-13(17)3/h4-10,12,19H,11,18H2,1-3H3. The van der Waals surface area contributed by atoms with Crippen LogP contribution in [0.15, 0.2) is 42.5 Å². The molecule has 2 nitrogen and oxygen atoms in total. The van der Waals surface area contributed by atoms with Crippen molar-refractivity contribution in [3.05, 3.63) is 59.2 Å². The van der Waals surface area contributed by atoms with E-state index in [-0.39, 0.29) is 0 Å². The van der Waals surface area contributed by atoms with Crippen LogP contribution in [0.2, 0.25) is 0 Å². The lowest BCUT2D eigenvalue weighted by molar-refractivity contribution is 0.865. The van der Waals surface area contributed by atoms with E-state index in [1.165, 1.54) is 16.7 Å². The minimum Gasteiger partial charge on any atom is -0.399 e. The molecule has 0 fully saturated rings. The maximum Gasteiger partial charge on any atom is 0.0400 e. The SMILES string of the molecule is Cc1cc(N)ccc1NCc1ccc(C(C)C)cc1. The molecule has 0 atom stereocenters. The molecular weight excluding hydrogens is 232 g/mol. The van der Waals surface area contributed by atoms with Gasteiger partial charge in [0.15, 0.2) is 0 Å². The highest BCUT2D eigenvalue weighted by Gasteiger charge is 2.01. The van der Waals surface area contributed by atoms with Gasteiger partial charge in [0, 0.05) is 17.9 Å². The Morgan fingerprint density at radius 1 is 1.05 bits per heavy atom. The average molecular weight is 254 g/mol. The van der Waals surface area contributed by atoms with Crippen LogP contribution in [0, 0.1) is 6.92 Å². The van der Waals surface area contributed by atoms with Gasteiger partial charge >= 0.3 is 0 Å². The molecule has 0 spiro atoms. The minimum atomic E-state index is 0.585. The zero-order valence-electron chi connectivity index (χ0n) is 11.9. The average Bonchev–Trinajstić information content (AvgIpc) is 2.38. The van der Waals surface area contributed by atoms with Crippen molar-refractivity contribution in [2.45, 2.75) is 33.2 Å². The zero-order valence-corrected chi connectivity index (χ0v) is 11.9. The molecule has 0 aliphatic heterocycles. The highest BCUT2D eigenvalue weighted by Crippen LogP contribution is 2.19. The van der Waals surface area contributed by atoms with Gasteiger partial charge < -0.3 is 11.1 Å². The molecule has 0 saturated carbocycles. The lowest BCUT2D eigenvalue weighted by Gasteiger charge is -2.11. The summed E-state index contributed by atoms with van der Waals surface area (Å²) in [6.45, 7) is 7.33. The number of anilines is 2. The Labute approximate surface area is 115 Å². The van der Waals surface area contributed by atoms with E-state index < -0.39 is 0 Å². The van der Waals surface area contributed by atoms with Crippen LogP contribution in [0.3, 0.4) is 0 Å². The first-order valence-electron chi connectivity index (χ1n) is 6.75. The molecule has 19 heavy (non-hydrogen) atoms. The van der Waals surface area contributed by atoms with E-state index in [1.54, 1.807) is 0 Å². The summed E-state index contributed by atoms with van der Waals surface area (Å²) >= 11 is 0. The molecule has 0 amide bonds. The Morgan fingerprint density at radius 3 is 2.32 bits per heavy atom. The van der Waals surface area contributed by atoms with Crippen molar-refractivity contribution < 1.29 is 0 Å². The fourth-order valence-corrected chi connectivity index (χ4v) is 2.10. The van der Waals surface area contributed by atoms with Crippen LogP contribution in [-0.2, 0) is 6.54 Å². The number of nitrogen functional groups attached to an aromatic ring is 1. The molecule has 3 N–H and O–H groups in total. The smallest absolute Gasteiger partial charge is 0.0400 e. The predicted octanol–water partition coefficient (Wildman–Crippen LogP) is 4.31. The summed E-state index contributed by atoms with van der Waals surface area (Å²) in [5.41, 5.74) is 11.6. The third-order valence-electron chi connectivity index (χ3n) is 3.38. The van der Waals surface area contributed by atoms with Gasteiger partial charge in [-0.05, 0) is 47.7 Å². The van der Waals surface area contributed by atoms with E-state index in [1.807, 2.05) is 18.2 Å². The zero-order chi connectivity index (χ0) is 13.8. The summed E-state index contributed by atoms with van der Waals surface area (Å²) in [5, 5.41) is 3.45. The Hall–Kier alpha value is -1.96. The van der Waals surface area contributed by atoms with Crippen molar-refractivity contribution in [1.82, 2.24) is 0 Å². The minimum absolute atomic E-state index is 0.585. The van der Waals surface area contributed by atoms with Gasteiger partial charge in [-0.1, -0.05) is 38.1 Å². The molecule has 0 heterocycles. The number of hydrogen-bond acceptors (Lipinski definition) is 2. The second-order valence-electron chi connectivity index (χ2n) is 5.32. The normalized spacial score (nSPS) is 10.7. The maximum absolute atomic E-state index is 5.75. The van der Waals surface area contributed by atoms with Gasteiger partial charge in [0.2, 0.25) is 0 Å². The predicted molar refractivity (Wildman–Crippen MR) is 83.4 cm³/mol. The van der Waals surface area contributed by atoms with Crippen molar-refractivity contribution >= 4 is 11.4 Å². The Kier molecular flexibility index (Phi) is 4.10. The summed E-state index contributed by atoms with van der Waals surface area (Å²) in [6.07, 6.45) is 0. The molecule has 0 aromatic heterocycles. The van der Waals surface area contributed by atoms with Crippen LogP contribution < -0.4 is 11.1 Å². The Morgan fingerprint density at radius 2 is 1.74 bits per heavy atom. The van der Waals surface area contributed by atoms with Crippen molar-refractivity contribution in [2.75, 3.05) is 11.1 Å². The Balaban J connectivity index is 2.02. The number of nitrogens with one attached hydrogen (secondary N) is 1. The van der Waals surface area contributed by atoms with Gasteiger partial charge in [-0.15, -0.1) is 0 Å². The van der Waals surface area contributed by atoms with Crippen molar-refractivity contribution in [3.63, 3.8) is 0 Å². The van der Waals surface area contributed by atoms with Gasteiger partial charge in [-0.3, -0.25) is 0 Å². The topological polar surface area (TPSA) is 38.0 Å². The molecule has 2 rings (SSSR count). The van der Waals surface area contributed by atoms with E-state index >= 15 is 0 Å².